The first-order valence-electron chi connectivity index (χ1n) is 12.2. The van der Waals surface area contributed by atoms with Crippen molar-refractivity contribution in [2.75, 3.05) is 13.1 Å². The van der Waals surface area contributed by atoms with Crippen LogP contribution < -0.4 is 15.4 Å². The Labute approximate surface area is 199 Å². The normalized spacial score (nSPS) is 11.4. The number of hydrogen-bond acceptors (Lipinski definition) is 4. The molecule has 186 valence electrons. The van der Waals surface area contributed by atoms with Crippen LogP contribution in [0.4, 0.5) is 4.79 Å². The first kappa shape index (κ1) is 28.7. The summed E-state index contributed by atoms with van der Waals surface area (Å²) in [6, 6.07) is 7.84. The van der Waals surface area contributed by atoms with Crippen LogP contribution in [0.25, 0.3) is 0 Å². The highest BCUT2D eigenvalue weighted by molar-refractivity contribution is 7.90. The van der Waals surface area contributed by atoms with Crippen molar-refractivity contribution >= 4 is 22.0 Å². The third-order valence-corrected chi connectivity index (χ3v) is 6.53. The van der Waals surface area contributed by atoms with Gasteiger partial charge in [-0.2, -0.15) is 0 Å². The molecule has 0 spiro atoms. The molecule has 0 radical (unpaired) electrons. The van der Waals surface area contributed by atoms with E-state index in [-0.39, 0.29) is 17.3 Å². The molecule has 0 fully saturated rings. The molecular weight excluding hydrogens is 438 g/mol. The highest BCUT2D eigenvalue weighted by Crippen LogP contribution is 2.10. The monoisotopic (exact) mass is 479 g/mol. The number of rotatable bonds is 18. The van der Waals surface area contributed by atoms with Gasteiger partial charge in [-0.3, -0.25) is 4.79 Å². The molecule has 7 nitrogen and oxygen atoms in total. The number of urea groups is 1. The van der Waals surface area contributed by atoms with Gasteiger partial charge < -0.3 is 10.6 Å². The molecule has 8 heteroatoms. The van der Waals surface area contributed by atoms with Crippen molar-refractivity contribution in [2.45, 2.75) is 88.9 Å². The second kappa shape index (κ2) is 18.1. The molecule has 0 aliphatic carbocycles. The van der Waals surface area contributed by atoms with Crippen LogP contribution in [0.1, 0.15) is 84.0 Å². The molecule has 0 saturated carbocycles. The quantitative estimate of drug-likeness (QED) is 0.202. The maximum Gasteiger partial charge on any atom is 0.314 e. The molecule has 1 aromatic carbocycles. The minimum absolute atomic E-state index is 0.0723. The summed E-state index contributed by atoms with van der Waals surface area (Å²) < 4.78 is 26.3. The van der Waals surface area contributed by atoms with E-state index < -0.39 is 15.9 Å². The maximum atomic E-state index is 12.1. The Kier molecular flexibility index (Phi) is 15.7. The number of carbonyl (C=O) groups excluding carboxylic acids is 2. The molecule has 0 heterocycles. The minimum Gasteiger partial charge on any atom is -0.338 e. The summed E-state index contributed by atoms with van der Waals surface area (Å²) in [5.41, 5.74) is 0. The molecule has 3 amide bonds. The van der Waals surface area contributed by atoms with Gasteiger partial charge in [0, 0.05) is 19.5 Å². The van der Waals surface area contributed by atoms with E-state index in [0.717, 1.165) is 70.8 Å². The number of benzene rings is 1. The van der Waals surface area contributed by atoms with Gasteiger partial charge in [0.1, 0.15) is 0 Å². The van der Waals surface area contributed by atoms with Crippen molar-refractivity contribution in [3.63, 3.8) is 0 Å². The van der Waals surface area contributed by atoms with E-state index in [9.17, 15) is 18.0 Å². The summed E-state index contributed by atoms with van der Waals surface area (Å²) in [6.45, 7) is 3.59. The standard InChI is InChI=1S/C25H41N3O4S/c1-2-3-16-21-26-25(30)27-22-17-11-9-7-5-4-6-8-10-15-20-24(29)28-33(31,32)23-18-13-12-14-19-23/h5,7,12-14,18-19H,2-4,6,8-11,15-17,20-22H2,1H3,(H,28,29)(H2,26,27,30). The molecule has 0 aromatic heterocycles. The van der Waals surface area contributed by atoms with Gasteiger partial charge >= 0.3 is 6.03 Å². The van der Waals surface area contributed by atoms with E-state index in [1.165, 1.54) is 12.1 Å². The van der Waals surface area contributed by atoms with Crippen LogP contribution in [0.5, 0.6) is 0 Å². The van der Waals surface area contributed by atoms with Crippen molar-refractivity contribution in [1.82, 2.24) is 15.4 Å². The number of nitrogens with one attached hydrogen (secondary N) is 3. The molecule has 0 unspecified atom stereocenters. The molecule has 1 aromatic rings. The number of sulfonamides is 1. The van der Waals surface area contributed by atoms with Gasteiger partial charge in [-0.25, -0.2) is 17.9 Å². The average molecular weight is 480 g/mol. The lowest BCUT2D eigenvalue weighted by molar-refractivity contribution is -0.119. The largest absolute Gasteiger partial charge is 0.338 e. The first-order chi connectivity index (χ1) is 16.0. The van der Waals surface area contributed by atoms with Crippen LogP contribution in [0, 0.1) is 0 Å². The van der Waals surface area contributed by atoms with E-state index in [1.54, 1.807) is 18.2 Å². The maximum absolute atomic E-state index is 12.1. The summed E-state index contributed by atoms with van der Waals surface area (Å²) in [6.07, 6.45) is 15.6. The lowest BCUT2D eigenvalue weighted by Gasteiger charge is -2.06. The molecule has 1 rings (SSSR count). The predicted octanol–water partition coefficient (Wildman–Crippen LogP) is 5.05. The Morgan fingerprint density at radius 1 is 0.788 bits per heavy atom. The number of carbonyl (C=O) groups is 2. The van der Waals surface area contributed by atoms with Crippen molar-refractivity contribution in [2.24, 2.45) is 0 Å². The van der Waals surface area contributed by atoms with Crippen molar-refractivity contribution in [3.8, 4) is 0 Å². The fraction of sp³-hybridized carbons (Fsp3) is 0.600. The first-order valence-corrected chi connectivity index (χ1v) is 13.7. The third kappa shape index (κ3) is 15.2. The number of hydrogen-bond donors (Lipinski definition) is 3. The molecule has 0 saturated heterocycles. The van der Waals surface area contributed by atoms with E-state index in [1.807, 2.05) is 0 Å². The summed E-state index contributed by atoms with van der Waals surface area (Å²) in [7, 11) is -3.77. The lowest BCUT2D eigenvalue weighted by atomic mass is 10.1. The highest BCUT2D eigenvalue weighted by Gasteiger charge is 2.16. The number of unbranched alkanes of at least 4 members (excludes halogenated alkanes) is 8. The van der Waals surface area contributed by atoms with Crippen molar-refractivity contribution in [1.29, 1.82) is 0 Å². The van der Waals surface area contributed by atoms with E-state index in [0.29, 0.717) is 13.0 Å². The second-order valence-electron chi connectivity index (χ2n) is 8.15. The highest BCUT2D eigenvalue weighted by atomic mass is 32.2. The molecule has 0 aliphatic rings. The van der Waals surface area contributed by atoms with Crippen LogP contribution in [-0.2, 0) is 14.8 Å². The van der Waals surface area contributed by atoms with Gasteiger partial charge in [0.25, 0.3) is 10.0 Å². The SMILES string of the molecule is CCCCCNC(=O)NCCCCC=CCCCCCCC(=O)NS(=O)(=O)c1ccccc1. The lowest BCUT2D eigenvalue weighted by Crippen LogP contribution is -2.36. The van der Waals surface area contributed by atoms with Gasteiger partial charge in [-0.15, -0.1) is 0 Å². The summed E-state index contributed by atoms with van der Waals surface area (Å²) in [5, 5.41) is 5.75. The Bertz CT molecular complexity index is 795. The summed E-state index contributed by atoms with van der Waals surface area (Å²) >= 11 is 0. The van der Waals surface area contributed by atoms with Gasteiger partial charge in [-0.05, 0) is 57.1 Å². The molecular formula is C25H41N3O4S. The zero-order valence-corrected chi connectivity index (χ0v) is 20.8. The van der Waals surface area contributed by atoms with Crippen LogP contribution in [-0.4, -0.2) is 33.4 Å². The zero-order chi connectivity index (χ0) is 24.2. The smallest absolute Gasteiger partial charge is 0.314 e. The number of amides is 3. The van der Waals surface area contributed by atoms with E-state index >= 15 is 0 Å². The average Bonchev–Trinajstić information content (AvgIpc) is 2.80. The molecule has 0 aliphatic heterocycles. The second-order valence-corrected chi connectivity index (χ2v) is 9.83. The Hall–Kier alpha value is -2.35. The molecule has 0 bridgehead atoms. The van der Waals surface area contributed by atoms with Crippen LogP contribution in [0.3, 0.4) is 0 Å². The van der Waals surface area contributed by atoms with E-state index in [4.69, 9.17) is 0 Å². The van der Waals surface area contributed by atoms with Crippen LogP contribution in [0.15, 0.2) is 47.4 Å². The molecule has 3 N–H and O–H groups in total. The van der Waals surface area contributed by atoms with Crippen LogP contribution >= 0.6 is 0 Å². The Morgan fingerprint density at radius 2 is 1.36 bits per heavy atom. The Balaban J connectivity index is 1.94. The van der Waals surface area contributed by atoms with Crippen molar-refractivity contribution in [3.05, 3.63) is 42.5 Å². The van der Waals surface area contributed by atoms with E-state index in [2.05, 4.69) is 34.4 Å². The Morgan fingerprint density at radius 3 is 2.00 bits per heavy atom. The zero-order valence-electron chi connectivity index (χ0n) is 20.0. The summed E-state index contributed by atoms with van der Waals surface area (Å²) in [5.74, 6) is -0.456. The molecule has 33 heavy (non-hydrogen) atoms. The van der Waals surface area contributed by atoms with Gasteiger partial charge in [0.05, 0.1) is 4.90 Å². The fourth-order valence-corrected chi connectivity index (χ4v) is 4.26. The minimum atomic E-state index is -3.77. The summed E-state index contributed by atoms with van der Waals surface area (Å²) in [4.78, 5) is 23.6. The topological polar surface area (TPSA) is 104 Å². The fourth-order valence-electron chi connectivity index (χ4n) is 3.22. The van der Waals surface area contributed by atoms with Gasteiger partial charge in [-0.1, -0.05) is 63.0 Å². The van der Waals surface area contributed by atoms with Crippen LogP contribution in [0.2, 0.25) is 0 Å². The van der Waals surface area contributed by atoms with Gasteiger partial charge in [0.2, 0.25) is 5.91 Å². The third-order valence-electron chi connectivity index (χ3n) is 5.14. The van der Waals surface area contributed by atoms with Crippen molar-refractivity contribution < 1.29 is 18.0 Å². The number of allylic oxidation sites excluding steroid dienone is 2. The molecule has 0 atom stereocenters. The predicted molar refractivity (Wildman–Crippen MR) is 133 cm³/mol. The van der Waals surface area contributed by atoms with Gasteiger partial charge in [0.15, 0.2) is 0 Å².